The summed E-state index contributed by atoms with van der Waals surface area (Å²) < 4.78 is 0. The van der Waals surface area contributed by atoms with Crippen molar-refractivity contribution >= 4 is 29.9 Å². The monoisotopic (exact) mass is 304 g/mol. The zero-order valence-corrected chi connectivity index (χ0v) is 13.2. The molecule has 2 N–H and O–H groups in total. The predicted molar refractivity (Wildman–Crippen MR) is 82.7 cm³/mol. The summed E-state index contributed by atoms with van der Waals surface area (Å²) in [7, 11) is 1.81. The number of carbonyl (C=O) groups excluding carboxylic acids is 1. The number of nitrogens with zero attached hydrogens (tertiary/aromatic N) is 1. The Bertz CT molecular complexity index is 410. The summed E-state index contributed by atoms with van der Waals surface area (Å²) in [5.41, 5.74) is 6.43. The van der Waals surface area contributed by atoms with Crippen LogP contribution >= 0.6 is 24.0 Å². The van der Waals surface area contributed by atoms with Gasteiger partial charge in [0.15, 0.2) is 0 Å². The van der Waals surface area contributed by atoms with Crippen molar-refractivity contribution in [2.75, 3.05) is 13.6 Å². The molecule has 1 rings (SSSR count). The highest BCUT2D eigenvalue weighted by molar-refractivity contribution is 6.31. The molecular formula is C14H22Cl2N2O. The van der Waals surface area contributed by atoms with Crippen LogP contribution in [0.5, 0.6) is 0 Å². The molecule has 5 heteroatoms. The minimum absolute atomic E-state index is 0. The molecule has 1 aromatic rings. The quantitative estimate of drug-likeness (QED) is 0.907. The number of hydrogen-bond acceptors (Lipinski definition) is 2. The van der Waals surface area contributed by atoms with Gasteiger partial charge >= 0.3 is 0 Å². The Morgan fingerprint density at radius 2 is 1.95 bits per heavy atom. The van der Waals surface area contributed by atoms with Gasteiger partial charge in [-0.1, -0.05) is 43.6 Å². The van der Waals surface area contributed by atoms with Crippen molar-refractivity contribution in [3.8, 4) is 0 Å². The molecule has 0 aliphatic carbocycles. The van der Waals surface area contributed by atoms with Crippen LogP contribution < -0.4 is 5.73 Å². The first-order valence-corrected chi connectivity index (χ1v) is 6.57. The van der Waals surface area contributed by atoms with Crippen molar-refractivity contribution in [1.29, 1.82) is 0 Å². The van der Waals surface area contributed by atoms with E-state index < -0.39 is 0 Å². The molecule has 0 heterocycles. The lowest BCUT2D eigenvalue weighted by Crippen LogP contribution is -2.35. The summed E-state index contributed by atoms with van der Waals surface area (Å²) >= 11 is 6.23. The summed E-state index contributed by atoms with van der Waals surface area (Å²) in [6.07, 6.45) is 0.365. The molecule has 3 nitrogen and oxygen atoms in total. The fourth-order valence-electron chi connectivity index (χ4n) is 2.18. The summed E-state index contributed by atoms with van der Waals surface area (Å²) in [6, 6.07) is 7.65. The number of halogens is 2. The summed E-state index contributed by atoms with van der Waals surface area (Å²) in [4.78, 5) is 13.7. The fourth-order valence-corrected chi connectivity index (χ4v) is 2.43. The molecule has 0 saturated carbocycles. The van der Waals surface area contributed by atoms with Crippen LogP contribution in [-0.4, -0.2) is 24.4 Å². The summed E-state index contributed by atoms with van der Waals surface area (Å²) in [6.45, 7) is 4.54. The third-order valence-corrected chi connectivity index (χ3v) is 3.37. The first-order chi connectivity index (χ1) is 8.49. The van der Waals surface area contributed by atoms with Gasteiger partial charge < -0.3 is 10.6 Å². The highest BCUT2D eigenvalue weighted by Crippen LogP contribution is 2.32. The Kier molecular flexibility index (Phi) is 8.07. The number of rotatable bonds is 5. The van der Waals surface area contributed by atoms with Crippen LogP contribution in [0.2, 0.25) is 5.02 Å². The lowest BCUT2D eigenvalue weighted by molar-refractivity contribution is -0.132. The molecule has 1 amide bonds. The van der Waals surface area contributed by atoms with Crippen LogP contribution in [0.15, 0.2) is 24.3 Å². The van der Waals surface area contributed by atoms with Crippen molar-refractivity contribution in [3.63, 3.8) is 0 Å². The molecule has 0 bridgehead atoms. The van der Waals surface area contributed by atoms with Gasteiger partial charge in [-0.05, 0) is 17.5 Å². The van der Waals surface area contributed by atoms with Crippen LogP contribution in [0.1, 0.15) is 31.9 Å². The van der Waals surface area contributed by atoms with Gasteiger partial charge in [0.25, 0.3) is 0 Å². The number of amides is 1. The normalized spacial score (nSPS) is 11.9. The molecule has 1 unspecified atom stereocenters. The van der Waals surface area contributed by atoms with E-state index >= 15 is 0 Å². The van der Waals surface area contributed by atoms with Crippen LogP contribution in [0.4, 0.5) is 0 Å². The number of benzene rings is 1. The van der Waals surface area contributed by atoms with E-state index in [4.69, 9.17) is 17.3 Å². The van der Waals surface area contributed by atoms with Crippen LogP contribution in [0.25, 0.3) is 0 Å². The number of carbonyl (C=O) groups is 1. The first-order valence-electron chi connectivity index (χ1n) is 6.19. The molecule has 0 aliphatic heterocycles. The molecular weight excluding hydrogens is 283 g/mol. The third kappa shape index (κ3) is 4.68. The standard InChI is InChI=1S/C14H21ClN2O.ClH/c1-10(2)14(17(3)13(18)8-9-16)11-6-4-5-7-12(11)15;/h4-7,10,14H,8-9,16H2,1-3H3;1H. The third-order valence-electron chi connectivity index (χ3n) is 3.02. The van der Waals surface area contributed by atoms with Crippen molar-refractivity contribution < 1.29 is 4.79 Å². The van der Waals surface area contributed by atoms with Gasteiger partial charge in [0, 0.05) is 25.0 Å². The minimum Gasteiger partial charge on any atom is -0.338 e. The maximum Gasteiger partial charge on any atom is 0.224 e. The average Bonchev–Trinajstić information content (AvgIpc) is 2.31. The Hall–Kier alpha value is -0.770. The molecule has 108 valence electrons. The van der Waals surface area contributed by atoms with E-state index in [1.165, 1.54) is 0 Å². The van der Waals surface area contributed by atoms with E-state index in [2.05, 4.69) is 13.8 Å². The van der Waals surface area contributed by atoms with Crippen LogP contribution in [0.3, 0.4) is 0 Å². The lowest BCUT2D eigenvalue weighted by Gasteiger charge is -2.32. The van der Waals surface area contributed by atoms with Gasteiger partial charge in [-0.25, -0.2) is 0 Å². The van der Waals surface area contributed by atoms with E-state index in [0.29, 0.717) is 18.0 Å². The smallest absolute Gasteiger partial charge is 0.224 e. The molecule has 0 fully saturated rings. The second kappa shape index (κ2) is 8.41. The van der Waals surface area contributed by atoms with Gasteiger partial charge in [-0.3, -0.25) is 4.79 Å². The maximum absolute atomic E-state index is 12.0. The van der Waals surface area contributed by atoms with E-state index in [1.54, 1.807) is 4.90 Å². The Balaban J connectivity index is 0.00000324. The highest BCUT2D eigenvalue weighted by Gasteiger charge is 2.25. The van der Waals surface area contributed by atoms with E-state index in [-0.39, 0.29) is 30.3 Å². The second-order valence-corrected chi connectivity index (χ2v) is 5.16. The van der Waals surface area contributed by atoms with Crippen molar-refractivity contribution in [2.45, 2.75) is 26.3 Å². The lowest BCUT2D eigenvalue weighted by atomic mass is 9.94. The molecule has 0 aromatic heterocycles. The second-order valence-electron chi connectivity index (χ2n) is 4.75. The Morgan fingerprint density at radius 1 is 1.37 bits per heavy atom. The zero-order chi connectivity index (χ0) is 13.7. The van der Waals surface area contributed by atoms with Gasteiger partial charge in [0.05, 0.1) is 6.04 Å². The largest absolute Gasteiger partial charge is 0.338 e. The highest BCUT2D eigenvalue weighted by atomic mass is 35.5. The fraction of sp³-hybridized carbons (Fsp3) is 0.500. The summed E-state index contributed by atoms with van der Waals surface area (Å²) in [5.74, 6) is 0.341. The van der Waals surface area contributed by atoms with Gasteiger partial charge in [-0.15, -0.1) is 12.4 Å². The number of hydrogen-bond donors (Lipinski definition) is 1. The molecule has 0 radical (unpaired) electrons. The zero-order valence-electron chi connectivity index (χ0n) is 11.6. The maximum atomic E-state index is 12.0. The van der Waals surface area contributed by atoms with E-state index in [9.17, 15) is 4.79 Å². The molecule has 1 atom stereocenters. The minimum atomic E-state index is -0.0160. The van der Waals surface area contributed by atoms with Crippen molar-refractivity contribution in [2.24, 2.45) is 11.7 Å². The summed E-state index contributed by atoms with van der Waals surface area (Å²) in [5, 5.41) is 0.698. The van der Waals surface area contributed by atoms with E-state index in [1.807, 2.05) is 31.3 Å². The van der Waals surface area contributed by atoms with Gasteiger partial charge in [0.1, 0.15) is 0 Å². The van der Waals surface area contributed by atoms with E-state index in [0.717, 1.165) is 5.56 Å². The Morgan fingerprint density at radius 3 is 2.42 bits per heavy atom. The molecule has 1 aromatic carbocycles. The van der Waals surface area contributed by atoms with Crippen molar-refractivity contribution in [1.82, 2.24) is 4.90 Å². The van der Waals surface area contributed by atoms with Crippen LogP contribution in [-0.2, 0) is 4.79 Å². The van der Waals surface area contributed by atoms with Crippen LogP contribution in [0, 0.1) is 5.92 Å². The Labute approximate surface area is 126 Å². The van der Waals surface area contributed by atoms with Gasteiger partial charge in [0.2, 0.25) is 5.91 Å². The molecule has 19 heavy (non-hydrogen) atoms. The topological polar surface area (TPSA) is 46.3 Å². The predicted octanol–water partition coefficient (Wildman–Crippen LogP) is 3.27. The van der Waals surface area contributed by atoms with Crippen molar-refractivity contribution in [3.05, 3.63) is 34.9 Å². The SMILES string of the molecule is CC(C)C(c1ccccc1Cl)N(C)C(=O)CCN.Cl. The number of nitrogens with two attached hydrogens (primary N) is 1. The molecule has 0 saturated heterocycles. The molecule has 0 spiro atoms. The average molecular weight is 305 g/mol. The first kappa shape index (κ1) is 18.2. The van der Waals surface area contributed by atoms with Gasteiger partial charge in [-0.2, -0.15) is 0 Å². The molecule has 0 aliphatic rings.